The zero-order valence-electron chi connectivity index (χ0n) is 12.9. The number of anilines is 1. The molecule has 1 fully saturated rings. The van der Waals surface area contributed by atoms with Gasteiger partial charge in [0, 0.05) is 6.54 Å². The number of carbonyl (C=O) groups is 1. The molecule has 1 aromatic carbocycles. The minimum atomic E-state index is -0.00376. The summed E-state index contributed by atoms with van der Waals surface area (Å²) in [7, 11) is 3.61. The lowest BCUT2D eigenvalue weighted by atomic mass is 9.98. The van der Waals surface area contributed by atoms with Crippen LogP contribution in [-0.4, -0.2) is 51.1 Å². The number of carbonyl (C=O) groups excluding carboxylic acids is 1. The van der Waals surface area contributed by atoms with Crippen LogP contribution in [-0.2, 0) is 4.79 Å². The molecule has 0 aliphatic carbocycles. The molecule has 1 aliphatic rings. The SMILES string of the molecule is COc1ccccc1NC(=O)CN(C)CC1CCNCC1. The van der Waals surface area contributed by atoms with Gasteiger partial charge in [-0.15, -0.1) is 0 Å². The van der Waals surface area contributed by atoms with Gasteiger partial charge < -0.3 is 15.4 Å². The monoisotopic (exact) mass is 291 g/mol. The summed E-state index contributed by atoms with van der Waals surface area (Å²) in [6.07, 6.45) is 2.39. The lowest BCUT2D eigenvalue weighted by Gasteiger charge is -2.27. The Balaban J connectivity index is 1.80. The Labute approximate surface area is 126 Å². The van der Waals surface area contributed by atoms with E-state index in [1.807, 2.05) is 31.3 Å². The normalized spacial score (nSPS) is 16.0. The van der Waals surface area contributed by atoms with Crippen LogP contribution in [0.25, 0.3) is 0 Å². The first-order valence-corrected chi connectivity index (χ1v) is 7.51. The number of para-hydroxylation sites is 2. The van der Waals surface area contributed by atoms with Crippen LogP contribution in [0.15, 0.2) is 24.3 Å². The van der Waals surface area contributed by atoms with Gasteiger partial charge in [0.1, 0.15) is 5.75 Å². The number of piperidine rings is 1. The van der Waals surface area contributed by atoms with Crippen LogP contribution >= 0.6 is 0 Å². The van der Waals surface area contributed by atoms with Crippen molar-refractivity contribution < 1.29 is 9.53 Å². The van der Waals surface area contributed by atoms with Crippen molar-refractivity contribution in [1.29, 1.82) is 0 Å². The van der Waals surface area contributed by atoms with Crippen LogP contribution in [0.2, 0.25) is 0 Å². The minimum absolute atomic E-state index is 0.00376. The third-order valence-electron chi connectivity index (χ3n) is 3.82. The molecule has 116 valence electrons. The molecule has 5 heteroatoms. The number of benzene rings is 1. The first-order chi connectivity index (χ1) is 10.2. The Bertz CT molecular complexity index is 459. The van der Waals surface area contributed by atoms with Gasteiger partial charge in [0.2, 0.25) is 5.91 Å². The van der Waals surface area contributed by atoms with Gasteiger partial charge in [0.25, 0.3) is 0 Å². The number of methoxy groups -OCH3 is 1. The molecule has 21 heavy (non-hydrogen) atoms. The third kappa shape index (κ3) is 5.02. The minimum Gasteiger partial charge on any atom is -0.495 e. The molecule has 1 amide bonds. The molecule has 1 saturated heterocycles. The number of likely N-dealkylation sites (N-methyl/N-ethyl adjacent to an activating group) is 1. The van der Waals surface area contributed by atoms with E-state index in [-0.39, 0.29) is 5.91 Å². The highest BCUT2D eigenvalue weighted by Crippen LogP contribution is 2.22. The highest BCUT2D eigenvalue weighted by Gasteiger charge is 2.16. The lowest BCUT2D eigenvalue weighted by molar-refractivity contribution is -0.117. The Kier molecular flexibility index (Phi) is 6.02. The molecule has 1 aliphatic heterocycles. The van der Waals surface area contributed by atoms with Gasteiger partial charge in [-0.25, -0.2) is 0 Å². The number of hydrogen-bond acceptors (Lipinski definition) is 4. The molecular formula is C16H25N3O2. The molecule has 5 nitrogen and oxygen atoms in total. The quantitative estimate of drug-likeness (QED) is 0.835. The van der Waals surface area contributed by atoms with E-state index in [1.54, 1.807) is 7.11 Å². The predicted octanol–water partition coefficient (Wildman–Crippen LogP) is 1.57. The van der Waals surface area contributed by atoms with Gasteiger partial charge in [-0.05, 0) is 51.0 Å². The summed E-state index contributed by atoms with van der Waals surface area (Å²) in [6, 6.07) is 7.46. The highest BCUT2D eigenvalue weighted by atomic mass is 16.5. The van der Waals surface area contributed by atoms with Gasteiger partial charge in [0.15, 0.2) is 0 Å². The second-order valence-electron chi connectivity index (χ2n) is 5.64. The smallest absolute Gasteiger partial charge is 0.238 e. The molecule has 0 saturated carbocycles. The Hall–Kier alpha value is -1.59. The van der Waals surface area contributed by atoms with Crippen molar-refractivity contribution >= 4 is 11.6 Å². The molecular weight excluding hydrogens is 266 g/mol. The molecule has 0 aromatic heterocycles. The van der Waals surface area contributed by atoms with Gasteiger partial charge in [-0.2, -0.15) is 0 Å². The zero-order valence-corrected chi connectivity index (χ0v) is 12.9. The second kappa shape index (κ2) is 8.00. The van der Waals surface area contributed by atoms with Crippen molar-refractivity contribution in [3.63, 3.8) is 0 Å². The first-order valence-electron chi connectivity index (χ1n) is 7.51. The molecule has 0 atom stereocenters. The van der Waals surface area contributed by atoms with E-state index >= 15 is 0 Å². The maximum atomic E-state index is 12.1. The van der Waals surface area contributed by atoms with Crippen molar-refractivity contribution in [3.8, 4) is 5.75 Å². The number of nitrogens with one attached hydrogen (secondary N) is 2. The van der Waals surface area contributed by atoms with E-state index in [9.17, 15) is 4.79 Å². The average molecular weight is 291 g/mol. The summed E-state index contributed by atoms with van der Waals surface area (Å²) in [6.45, 7) is 3.56. The fourth-order valence-electron chi connectivity index (χ4n) is 2.75. The maximum Gasteiger partial charge on any atom is 0.238 e. The number of rotatable bonds is 6. The maximum absolute atomic E-state index is 12.1. The molecule has 2 N–H and O–H groups in total. The van der Waals surface area contributed by atoms with Crippen LogP contribution in [0.4, 0.5) is 5.69 Å². The fourth-order valence-corrected chi connectivity index (χ4v) is 2.75. The summed E-state index contributed by atoms with van der Waals surface area (Å²) in [5, 5.41) is 6.27. The number of amides is 1. The van der Waals surface area contributed by atoms with E-state index in [2.05, 4.69) is 15.5 Å². The number of ether oxygens (including phenoxy) is 1. The van der Waals surface area contributed by atoms with E-state index < -0.39 is 0 Å². The molecule has 0 unspecified atom stereocenters. The lowest BCUT2D eigenvalue weighted by Crippen LogP contribution is -2.37. The van der Waals surface area contributed by atoms with Gasteiger partial charge >= 0.3 is 0 Å². The topological polar surface area (TPSA) is 53.6 Å². The fraction of sp³-hybridized carbons (Fsp3) is 0.562. The van der Waals surface area contributed by atoms with Gasteiger partial charge in [-0.1, -0.05) is 12.1 Å². The van der Waals surface area contributed by atoms with E-state index in [4.69, 9.17) is 4.74 Å². The number of nitrogens with zero attached hydrogens (tertiary/aromatic N) is 1. The standard InChI is InChI=1S/C16H25N3O2/c1-19(11-13-7-9-17-10-8-13)12-16(20)18-14-5-3-4-6-15(14)21-2/h3-6,13,17H,7-12H2,1-2H3,(H,18,20). The summed E-state index contributed by atoms with van der Waals surface area (Å²) >= 11 is 0. The predicted molar refractivity (Wildman–Crippen MR) is 84.7 cm³/mol. The summed E-state index contributed by atoms with van der Waals surface area (Å²) in [5.74, 6) is 1.37. The molecule has 2 rings (SSSR count). The van der Waals surface area contributed by atoms with Crippen molar-refractivity contribution in [1.82, 2.24) is 10.2 Å². The van der Waals surface area contributed by atoms with Crippen LogP contribution < -0.4 is 15.4 Å². The van der Waals surface area contributed by atoms with Gasteiger partial charge in [-0.3, -0.25) is 9.69 Å². The molecule has 0 radical (unpaired) electrons. The first kappa shape index (κ1) is 15.8. The van der Waals surface area contributed by atoms with Crippen LogP contribution in [0.1, 0.15) is 12.8 Å². The Morgan fingerprint density at radius 3 is 2.81 bits per heavy atom. The third-order valence-corrected chi connectivity index (χ3v) is 3.82. The highest BCUT2D eigenvalue weighted by molar-refractivity contribution is 5.93. The Morgan fingerprint density at radius 2 is 2.10 bits per heavy atom. The summed E-state index contributed by atoms with van der Waals surface area (Å²) in [4.78, 5) is 14.2. The van der Waals surface area contributed by atoms with Crippen molar-refractivity contribution in [2.24, 2.45) is 5.92 Å². The largest absolute Gasteiger partial charge is 0.495 e. The average Bonchev–Trinajstić information content (AvgIpc) is 2.48. The van der Waals surface area contributed by atoms with Crippen molar-refractivity contribution in [2.75, 3.05) is 45.7 Å². The van der Waals surface area contributed by atoms with Crippen molar-refractivity contribution in [3.05, 3.63) is 24.3 Å². The number of hydrogen-bond donors (Lipinski definition) is 2. The van der Waals surface area contributed by atoms with Crippen LogP contribution in [0.5, 0.6) is 5.75 Å². The van der Waals surface area contributed by atoms with Crippen LogP contribution in [0.3, 0.4) is 0 Å². The van der Waals surface area contributed by atoms with E-state index in [0.717, 1.165) is 25.3 Å². The summed E-state index contributed by atoms with van der Waals surface area (Å²) in [5.41, 5.74) is 0.722. The second-order valence-corrected chi connectivity index (χ2v) is 5.64. The summed E-state index contributed by atoms with van der Waals surface area (Å²) < 4.78 is 5.24. The van der Waals surface area contributed by atoms with Crippen LogP contribution in [0, 0.1) is 5.92 Å². The molecule has 1 heterocycles. The van der Waals surface area contributed by atoms with E-state index in [1.165, 1.54) is 12.8 Å². The van der Waals surface area contributed by atoms with E-state index in [0.29, 0.717) is 18.2 Å². The zero-order chi connectivity index (χ0) is 15.1. The molecule has 0 spiro atoms. The Morgan fingerprint density at radius 1 is 1.38 bits per heavy atom. The van der Waals surface area contributed by atoms with Crippen molar-refractivity contribution in [2.45, 2.75) is 12.8 Å². The van der Waals surface area contributed by atoms with Gasteiger partial charge in [0.05, 0.1) is 19.3 Å². The molecule has 0 bridgehead atoms. The molecule has 1 aromatic rings.